The van der Waals surface area contributed by atoms with Crippen LogP contribution in [0.25, 0.3) is 5.69 Å². The summed E-state index contributed by atoms with van der Waals surface area (Å²) >= 11 is 6.08. The molecule has 5 rings (SSSR count). The number of anilines is 2. The molecule has 0 aliphatic carbocycles. The summed E-state index contributed by atoms with van der Waals surface area (Å²) in [6.07, 6.45) is 2.90. The largest absolute Gasteiger partial charge is 0.467 e. The quantitative estimate of drug-likeness (QED) is 0.252. The van der Waals surface area contributed by atoms with E-state index in [0.29, 0.717) is 33.5 Å². The number of hydrogen-bond acceptors (Lipinski definition) is 6. The van der Waals surface area contributed by atoms with Gasteiger partial charge in [-0.05, 0) is 72.8 Å². The SMILES string of the molecule is O=C(NCc1ccco1)c1cccc(Nc2c(Oc3cccc(Cl)c3)cnn(-c3ccc(F)cc3)c2=O)c1. The van der Waals surface area contributed by atoms with Crippen molar-refractivity contribution in [2.75, 3.05) is 5.32 Å². The Morgan fingerprint density at radius 1 is 1.03 bits per heavy atom. The fraction of sp³-hybridized carbons (Fsp3) is 0.0357. The summed E-state index contributed by atoms with van der Waals surface area (Å²) in [6.45, 7) is 0.230. The van der Waals surface area contributed by atoms with E-state index in [9.17, 15) is 14.0 Å². The van der Waals surface area contributed by atoms with Crippen molar-refractivity contribution in [1.29, 1.82) is 0 Å². The van der Waals surface area contributed by atoms with Crippen molar-refractivity contribution < 1.29 is 18.3 Å². The lowest BCUT2D eigenvalue weighted by Gasteiger charge is -2.15. The first-order valence-corrected chi connectivity index (χ1v) is 11.8. The smallest absolute Gasteiger partial charge is 0.299 e. The number of carbonyl (C=O) groups excluding carboxylic acids is 1. The summed E-state index contributed by atoms with van der Waals surface area (Å²) in [4.78, 5) is 26.2. The van der Waals surface area contributed by atoms with Crippen LogP contribution in [0.3, 0.4) is 0 Å². The summed E-state index contributed by atoms with van der Waals surface area (Å²) in [7, 11) is 0. The normalized spacial score (nSPS) is 10.7. The highest BCUT2D eigenvalue weighted by molar-refractivity contribution is 6.30. The minimum Gasteiger partial charge on any atom is -0.467 e. The number of amides is 1. The van der Waals surface area contributed by atoms with E-state index in [1.54, 1.807) is 60.7 Å². The van der Waals surface area contributed by atoms with Crippen LogP contribution in [-0.4, -0.2) is 15.7 Å². The third-order valence-corrected chi connectivity index (χ3v) is 5.67. The van der Waals surface area contributed by atoms with Crippen LogP contribution < -0.4 is 20.9 Å². The molecule has 3 aromatic carbocycles. The van der Waals surface area contributed by atoms with Gasteiger partial charge in [0.05, 0.1) is 24.7 Å². The van der Waals surface area contributed by atoms with E-state index in [1.165, 1.54) is 36.7 Å². The maximum atomic E-state index is 13.5. The second kappa shape index (κ2) is 11.0. The zero-order chi connectivity index (χ0) is 26.5. The van der Waals surface area contributed by atoms with Crippen LogP contribution in [0.5, 0.6) is 11.5 Å². The van der Waals surface area contributed by atoms with Crippen LogP contribution in [0.15, 0.2) is 107 Å². The Morgan fingerprint density at radius 3 is 2.61 bits per heavy atom. The molecular weight excluding hydrogens is 511 g/mol. The minimum absolute atomic E-state index is 0.0532. The molecule has 0 saturated carbocycles. The molecular formula is C28H20ClFN4O4. The van der Waals surface area contributed by atoms with E-state index in [4.69, 9.17) is 20.8 Å². The summed E-state index contributed by atoms with van der Waals surface area (Å²) in [5.41, 5.74) is 0.688. The lowest BCUT2D eigenvalue weighted by molar-refractivity contribution is 0.0948. The Balaban J connectivity index is 1.48. The molecule has 0 fully saturated rings. The fourth-order valence-corrected chi connectivity index (χ4v) is 3.80. The van der Waals surface area contributed by atoms with Gasteiger partial charge in [-0.1, -0.05) is 23.7 Å². The van der Waals surface area contributed by atoms with Gasteiger partial charge >= 0.3 is 0 Å². The molecule has 0 aliphatic rings. The van der Waals surface area contributed by atoms with E-state index in [0.717, 1.165) is 4.68 Å². The van der Waals surface area contributed by atoms with Gasteiger partial charge in [-0.15, -0.1) is 0 Å². The first-order chi connectivity index (χ1) is 18.5. The Labute approximate surface area is 221 Å². The van der Waals surface area contributed by atoms with Crippen molar-refractivity contribution in [3.05, 3.63) is 130 Å². The average molecular weight is 531 g/mol. The molecule has 2 heterocycles. The standard InChI is InChI=1S/C28H20ClFN4O4/c29-19-5-2-7-23(15-19)38-25-17-32-34(22-11-9-20(30)10-12-22)28(36)26(25)33-21-6-1-4-18(14-21)27(35)31-16-24-8-3-13-37-24/h1-15,17,33H,16H2,(H,31,35). The van der Waals surface area contributed by atoms with Gasteiger partial charge in [0.25, 0.3) is 11.5 Å². The Kier molecular flexibility index (Phi) is 7.19. The van der Waals surface area contributed by atoms with Gasteiger partial charge in [0, 0.05) is 16.3 Å². The zero-order valence-corrected chi connectivity index (χ0v) is 20.5. The molecule has 8 nitrogen and oxygen atoms in total. The summed E-state index contributed by atoms with van der Waals surface area (Å²) in [6, 6.07) is 22.2. The van der Waals surface area contributed by atoms with Crippen molar-refractivity contribution in [3.8, 4) is 17.2 Å². The second-order valence-corrected chi connectivity index (χ2v) is 8.54. The number of ether oxygens (including phenoxy) is 1. The molecule has 190 valence electrons. The van der Waals surface area contributed by atoms with Crippen molar-refractivity contribution in [3.63, 3.8) is 0 Å². The number of hydrogen-bond donors (Lipinski definition) is 2. The van der Waals surface area contributed by atoms with E-state index in [-0.39, 0.29) is 23.9 Å². The molecule has 0 atom stereocenters. The molecule has 0 bridgehead atoms. The third kappa shape index (κ3) is 5.74. The van der Waals surface area contributed by atoms with Crippen LogP contribution in [0.2, 0.25) is 5.02 Å². The molecule has 0 unspecified atom stereocenters. The van der Waals surface area contributed by atoms with Gasteiger partial charge in [-0.3, -0.25) is 9.59 Å². The summed E-state index contributed by atoms with van der Waals surface area (Å²) < 4.78 is 25.8. The number of aromatic nitrogens is 2. The number of nitrogens with zero attached hydrogens (tertiary/aromatic N) is 2. The fourth-order valence-electron chi connectivity index (χ4n) is 3.62. The van der Waals surface area contributed by atoms with Gasteiger partial charge in [0.2, 0.25) is 0 Å². The number of furan rings is 1. The van der Waals surface area contributed by atoms with Crippen LogP contribution >= 0.6 is 11.6 Å². The molecule has 38 heavy (non-hydrogen) atoms. The highest BCUT2D eigenvalue weighted by atomic mass is 35.5. The predicted octanol–water partition coefficient (Wildman–Crippen LogP) is 6.08. The summed E-state index contributed by atoms with van der Waals surface area (Å²) in [5, 5.41) is 10.5. The van der Waals surface area contributed by atoms with Crippen LogP contribution in [0.4, 0.5) is 15.8 Å². The van der Waals surface area contributed by atoms with Gasteiger partial charge in [-0.25, -0.2) is 4.39 Å². The highest BCUT2D eigenvalue weighted by Crippen LogP contribution is 2.30. The molecule has 1 amide bonds. The third-order valence-electron chi connectivity index (χ3n) is 5.44. The molecule has 2 aromatic heterocycles. The Bertz CT molecular complexity index is 1640. The van der Waals surface area contributed by atoms with Crippen LogP contribution in [0.1, 0.15) is 16.1 Å². The number of nitrogens with one attached hydrogen (secondary N) is 2. The van der Waals surface area contributed by atoms with Gasteiger partial charge in [0.15, 0.2) is 11.4 Å². The van der Waals surface area contributed by atoms with E-state index >= 15 is 0 Å². The topological polar surface area (TPSA) is 98.4 Å². The minimum atomic E-state index is -0.552. The summed E-state index contributed by atoms with van der Waals surface area (Å²) in [5.74, 6) is 0.381. The Morgan fingerprint density at radius 2 is 1.84 bits per heavy atom. The number of halogens is 2. The molecule has 0 saturated heterocycles. The molecule has 2 N–H and O–H groups in total. The lowest BCUT2D eigenvalue weighted by Crippen LogP contribution is -2.24. The first kappa shape index (κ1) is 24.8. The molecule has 5 aromatic rings. The second-order valence-electron chi connectivity index (χ2n) is 8.10. The van der Waals surface area contributed by atoms with E-state index in [2.05, 4.69) is 15.7 Å². The monoisotopic (exact) mass is 530 g/mol. The van der Waals surface area contributed by atoms with Crippen molar-refractivity contribution in [1.82, 2.24) is 15.1 Å². The highest BCUT2D eigenvalue weighted by Gasteiger charge is 2.17. The maximum Gasteiger partial charge on any atom is 0.299 e. The first-order valence-electron chi connectivity index (χ1n) is 11.5. The zero-order valence-electron chi connectivity index (χ0n) is 19.7. The number of benzene rings is 3. The van der Waals surface area contributed by atoms with Gasteiger partial charge in [-0.2, -0.15) is 9.78 Å². The van der Waals surface area contributed by atoms with Gasteiger partial charge in [0.1, 0.15) is 17.3 Å². The van der Waals surface area contributed by atoms with Gasteiger partial charge < -0.3 is 19.8 Å². The lowest BCUT2D eigenvalue weighted by atomic mass is 10.2. The van der Waals surface area contributed by atoms with Crippen LogP contribution in [0, 0.1) is 5.82 Å². The molecule has 0 radical (unpaired) electrons. The Hall–Kier alpha value is -4.89. The van der Waals surface area contributed by atoms with Crippen molar-refractivity contribution in [2.45, 2.75) is 6.54 Å². The maximum absolute atomic E-state index is 13.5. The van der Waals surface area contributed by atoms with Crippen LogP contribution in [-0.2, 0) is 6.54 Å². The number of carbonyl (C=O) groups is 1. The average Bonchev–Trinajstić information content (AvgIpc) is 3.44. The van der Waals surface area contributed by atoms with E-state index < -0.39 is 11.4 Å². The van der Waals surface area contributed by atoms with Crippen molar-refractivity contribution in [2.24, 2.45) is 0 Å². The van der Waals surface area contributed by atoms with E-state index in [1.807, 2.05) is 0 Å². The predicted molar refractivity (Wildman–Crippen MR) is 141 cm³/mol. The molecule has 10 heteroatoms. The molecule has 0 spiro atoms. The molecule has 0 aliphatic heterocycles. The van der Waals surface area contributed by atoms with Crippen molar-refractivity contribution >= 4 is 28.9 Å². The number of rotatable bonds is 8.